The summed E-state index contributed by atoms with van der Waals surface area (Å²) < 4.78 is 17.6. The van der Waals surface area contributed by atoms with Crippen LogP contribution in [0.1, 0.15) is 24.5 Å². The number of nitrogens with one attached hydrogen (secondary N) is 1. The van der Waals surface area contributed by atoms with E-state index < -0.39 is 6.10 Å². The van der Waals surface area contributed by atoms with Crippen molar-refractivity contribution in [1.82, 2.24) is 15.1 Å². The molecule has 0 radical (unpaired) electrons. The Morgan fingerprint density at radius 1 is 1.12 bits per heavy atom. The number of hydrogen-bond donors (Lipinski definition) is 1. The zero-order chi connectivity index (χ0) is 24.0. The number of rotatable bonds is 9. The number of aryl methyl sites for hydroxylation is 1. The van der Waals surface area contributed by atoms with Gasteiger partial charge in [0.1, 0.15) is 11.5 Å². The number of ether oxygens (including phenoxy) is 3. The van der Waals surface area contributed by atoms with Crippen LogP contribution in [0.3, 0.4) is 0 Å². The number of amides is 1. The number of carbonyl (C=O) groups is 1. The summed E-state index contributed by atoms with van der Waals surface area (Å²) in [5, 5.41) is 7.63. The van der Waals surface area contributed by atoms with Crippen LogP contribution in [0.25, 0.3) is 5.69 Å². The third-order valence-electron chi connectivity index (χ3n) is 5.04. The molecule has 1 atom stereocenters. The van der Waals surface area contributed by atoms with Gasteiger partial charge in [-0.3, -0.25) is 9.59 Å². The Bertz CT molecular complexity index is 1190. The minimum Gasteiger partial charge on any atom is -0.497 e. The standard InChI is InChI=1S/C24H26ClN3O5/c1-5-20(24(30)26-14-16-12-18(31-3)8-9-21(16)32-4)33-22-10-11-23(29)28(27-22)19-13-17(25)7-6-15(19)2/h6-13,20H,5,14H2,1-4H3,(H,26,30)/t20-/m0/s1. The fourth-order valence-electron chi connectivity index (χ4n) is 3.22. The van der Waals surface area contributed by atoms with Crippen molar-refractivity contribution < 1.29 is 19.0 Å². The predicted octanol–water partition coefficient (Wildman–Crippen LogP) is 3.69. The van der Waals surface area contributed by atoms with Gasteiger partial charge in [-0.05, 0) is 49.2 Å². The number of hydrogen-bond acceptors (Lipinski definition) is 6. The third-order valence-corrected chi connectivity index (χ3v) is 5.28. The molecule has 33 heavy (non-hydrogen) atoms. The van der Waals surface area contributed by atoms with Gasteiger partial charge in [-0.2, -0.15) is 4.68 Å². The lowest BCUT2D eigenvalue weighted by Crippen LogP contribution is -2.38. The highest BCUT2D eigenvalue weighted by atomic mass is 35.5. The van der Waals surface area contributed by atoms with Gasteiger partial charge < -0.3 is 19.5 Å². The van der Waals surface area contributed by atoms with Gasteiger partial charge in [-0.25, -0.2) is 0 Å². The summed E-state index contributed by atoms with van der Waals surface area (Å²) in [4.78, 5) is 25.2. The summed E-state index contributed by atoms with van der Waals surface area (Å²) in [5.74, 6) is 1.12. The molecule has 2 aromatic carbocycles. The highest BCUT2D eigenvalue weighted by Crippen LogP contribution is 2.24. The summed E-state index contributed by atoms with van der Waals surface area (Å²) in [6.45, 7) is 3.91. The van der Waals surface area contributed by atoms with Crippen LogP contribution in [-0.2, 0) is 11.3 Å². The van der Waals surface area contributed by atoms with Gasteiger partial charge in [-0.1, -0.05) is 24.6 Å². The summed E-state index contributed by atoms with van der Waals surface area (Å²) in [5.41, 5.74) is 1.79. The Kier molecular flexibility index (Phi) is 7.95. The van der Waals surface area contributed by atoms with Crippen LogP contribution in [0, 0.1) is 6.92 Å². The van der Waals surface area contributed by atoms with Crippen molar-refractivity contribution >= 4 is 17.5 Å². The predicted molar refractivity (Wildman–Crippen MR) is 126 cm³/mol. The molecule has 1 N–H and O–H groups in total. The number of benzene rings is 2. The van der Waals surface area contributed by atoms with Gasteiger partial charge in [-0.15, -0.1) is 5.10 Å². The molecule has 0 spiro atoms. The topological polar surface area (TPSA) is 91.7 Å². The minimum atomic E-state index is -0.805. The van der Waals surface area contributed by atoms with Crippen LogP contribution in [0.4, 0.5) is 0 Å². The average Bonchev–Trinajstić information content (AvgIpc) is 2.83. The number of carbonyl (C=O) groups excluding carboxylic acids is 1. The second kappa shape index (κ2) is 10.9. The molecule has 1 amide bonds. The van der Waals surface area contributed by atoms with Crippen molar-refractivity contribution in [3.8, 4) is 23.1 Å². The molecule has 174 valence electrons. The van der Waals surface area contributed by atoms with E-state index in [0.29, 0.717) is 28.6 Å². The Morgan fingerprint density at radius 2 is 1.91 bits per heavy atom. The van der Waals surface area contributed by atoms with Crippen LogP contribution in [0.2, 0.25) is 5.02 Å². The fourth-order valence-corrected chi connectivity index (χ4v) is 3.39. The van der Waals surface area contributed by atoms with E-state index in [9.17, 15) is 9.59 Å². The zero-order valence-electron chi connectivity index (χ0n) is 18.9. The first-order chi connectivity index (χ1) is 15.9. The lowest BCUT2D eigenvalue weighted by atomic mass is 10.1. The summed E-state index contributed by atoms with van der Waals surface area (Å²) in [6.07, 6.45) is -0.404. The van der Waals surface area contributed by atoms with Crippen LogP contribution in [0.5, 0.6) is 17.4 Å². The molecule has 0 aliphatic heterocycles. The number of halogens is 1. The molecule has 0 unspecified atom stereocenters. The summed E-state index contributed by atoms with van der Waals surface area (Å²) in [7, 11) is 3.13. The highest BCUT2D eigenvalue weighted by Gasteiger charge is 2.20. The first-order valence-corrected chi connectivity index (χ1v) is 10.8. The molecule has 0 aliphatic carbocycles. The smallest absolute Gasteiger partial charge is 0.271 e. The van der Waals surface area contributed by atoms with Crippen molar-refractivity contribution in [2.24, 2.45) is 0 Å². The second-order valence-electron chi connectivity index (χ2n) is 7.26. The van der Waals surface area contributed by atoms with Crippen molar-refractivity contribution in [2.45, 2.75) is 32.9 Å². The first-order valence-electron chi connectivity index (χ1n) is 10.4. The van der Waals surface area contributed by atoms with Crippen molar-refractivity contribution in [3.05, 3.63) is 75.0 Å². The molecule has 3 aromatic rings. The van der Waals surface area contributed by atoms with E-state index in [1.165, 1.54) is 16.8 Å². The van der Waals surface area contributed by atoms with Gasteiger partial charge in [0.05, 0.1) is 19.9 Å². The van der Waals surface area contributed by atoms with Gasteiger partial charge in [0.2, 0.25) is 5.88 Å². The van der Waals surface area contributed by atoms with Gasteiger partial charge >= 0.3 is 0 Å². The Labute approximate surface area is 197 Å². The maximum Gasteiger partial charge on any atom is 0.271 e. The summed E-state index contributed by atoms with van der Waals surface area (Å²) >= 11 is 6.09. The van der Waals surface area contributed by atoms with E-state index in [0.717, 1.165) is 11.1 Å². The Hall–Kier alpha value is -3.52. The van der Waals surface area contributed by atoms with E-state index in [1.54, 1.807) is 50.6 Å². The molecule has 3 rings (SSSR count). The molecule has 9 heteroatoms. The largest absolute Gasteiger partial charge is 0.497 e. The molecule has 0 saturated carbocycles. The second-order valence-corrected chi connectivity index (χ2v) is 7.70. The number of nitrogens with zero attached hydrogens (tertiary/aromatic N) is 2. The van der Waals surface area contributed by atoms with Gasteiger partial charge in [0.25, 0.3) is 11.5 Å². The number of aromatic nitrogens is 2. The lowest BCUT2D eigenvalue weighted by molar-refractivity contribution is -0.128. The molecule has 8 nitrogen and oxygen atoms in total. The van der Waals surface area contributed by atoms with Crippen LogP contribution in [0.15, 0.2) is 53.3 Å². The van der Waals surface area contributed by atoms with Crippen molar-refractivity contribution in [1.29, 1.82) is 0 Å². The van der Waals surface area contributed by atoms with Crippen molar-refractivity contribution in [2.75, 3.05) is 14.2 Å². The first kappa shape index (κ1) is 24.1. The minimum absolute atomic E-state index is 0.148. The Morgan fingerprint density at radius 3 is 2.61 bits per heavy atom. The molecule has 0 bridgehead atoms. The van der Waals surface area contributed by atoms with Crippen LogP contribution < -0.4 is 25.1 Å². The SMILES string of the molecule is CC[C@H](Oc1ccc(=O)n(-c2cc(Cl)ccc2C)n1)C(=O)NCc1cc(OC)ccc1OC. The Balaban J connectivity index is 1.76. The average molecular weight is 472 g/mol. The van der Waals surface area contributed by atoms with Crippen LogP contribution in [-0.4, -0.2) is 36.0 Å². The molecular formula is C24H26ClN3O5. The highest BCUT2D eigenvalue weighted by molar-refractivity contribution is 6.30. The normalized spacial score (nSPS) is 11.5. The fraction of sp³-hybridized carbons (Fsp3) is 0.292. The van der Waals surface area contributed by atoms with Crippen LogP contribution >= 0.6 is 11.6 Å². The molecule has 0 aliphatic rings. The van der Waals surface area contributed by atoms with E-state index in [-0.39, 0.29) is 23.9 Å². The maximum absolute atomic E-state index is 12.8. The van der Waals surface area contributed by atoms with E-state index in [4.69, 9.17) is 25.8 Å². The maximum atomic E-state index is 12.8. The third kappa shape index (κ3) is 5.84. The monoisotopic (exact) mass is 471 g/mol. The van der Waals surface area contributed by atoms with Gasteiger partial charge in [0.15, 0.2) is 6.10 Å². The van der Waals surface area contributed by atoms with Crippen molar-refractivity contribution in [3.63, 3.8) is 0 Å². The molecular weight excluding hydrogens is 446 g/mol. The molecule has 0 fully saturated rings. The zero-order valence-corrected chi connectivity index (χ0v) is 19.7. The summed E-state index contributed by atoms with van der Waals surface area (Å²) in [6, 6.07) is 13.3. The molecule has 1 heterocycles. The van der Waals surface area contributed by atoms with E-state index in [1.807, 2.05) is 13.8 Å². The van der Waals surface area contributed by atoms with E-state index >= 15 is 0 Å². The molecule has 0 saturated heterocycles. The number of methoxy groups -OCH3 is 2. The van der Waals surface area contributed by atoms with E-state index in [2.05, 4.69) is 10.4 Å². The quantitative estimate of drug-likeness (QED) is 0.511. The van der Waals surface area contributed by atoms with Gasteiger partial charge in [0, 0.05) is 29.3 Å². The lowest BCUT2D eigenvalue weighted by Gasteiger charge is -2.18. The molecule has 1 aromatic heterocycles.